The molecule has 0 spiro atoms. The lowest BCUT2D eigenvalue weighted by molar-refractivity contribution is -0.121. The van der Waals surface area contributed by atoms with E-state index in [2.05, 4.69) is 26.5 Å². The van der Waals surface area contributed by atoms with Crippen LogP contribution in [-0.4, -0.2) is 44.1 Å². The number of hydrogen-bond acceptors (Lipinski definition) is 7. The lowest BCUT2D eigenvalue weighted by atomic mass is 10.2. The van der Waals surface area contributed by atoms with Gasteiger partial charge in [0.2, 0.25) is 20.0 Å². The van der Waals surface area contributed by atoms with Crippen molar-refractivity contribution < 1.29 is 26.0 Å². The fourth-order valence-electron chi connectivity index (χ4n) is 4.78. The summed E-state index contributed by atoms with van der Waals surface area (Å²) in [6, 6.07) is 29.6. The van der Waals surface area contributed by atoms with Crippen molar-refractivity contribution in [3.05, 3.63) is 152 Å². The molecule has 0 bridgehead atoms. The Kier molecular flexibility index (Phi) is 12.3. The Balaban J connectivity index is 1.30. The highest BCUT2D eigenvalue weighted by Crippen LogP contribution is 2.27. The number of nitrogens with zero attached hydrogens (tertiary/aromatic N) is 3. The van der Waals surface area contributed by atoms with Crippen molar-refractivity contribution in [2.75, 3.05) is 6.54 Å². The van der Waals surface area contributed by atoms with Gasteiger partial charge in [0.25, 0.3) is 5.91 Å². The van der Waals surface area contributed by atoms with Crippen LogP contribution >= 0.6 is 39.1 Å². The molecule has 0 aliphatic carbocycles. The number of amides is 1. The first-order valence-electron chi connectivity index (χ1n) is 15.0. The van der Waals surface area contributed by atoms with Crippen molar-refractivity contribution >= 4 is 71.3 Å². The highest BCUT2D eigenvalue weighted by Gasteiger charge is 2.28. The predicted octanol–water partition coefficient (Wildman–Crippen LogP) is 7.39. The molecule has 0 aliphatic rings. The third-order valence-electron chi connectivity index (χ3n) is 7.39. The van der Waals surface area contributed by atoms with Crippen LogP contribution in [0.5, 0.6) is 0 Å². The fourth-order valence-corrected chi connectivity index (χ4v) is 8.28. The summed E-state index contributed by atoms with van der Waals surface area (Å²) >= 11 is 15.8. The molecular formula is C35H31BrCl2N4O6S2. The minimum absolute atomic E-state index is 0.0350. The molecule has 4 aromatic carbocycles. The first kappa shape index (κ1) is 37.4. The van der Waals surface area contributed by atoms with Gasteiger partial charge in [-0.1, -0.05) is 93.2 Å². The zero-order chi connectivity index (χ0) is 35.9. The van der Waals surface area contributed by atoms with Gasteiger partial charge in [-0.15, -0.1) is 0 Å². The summed E-state index contributed by atoms with van der Waals surface area (Å²) in [5, 5.41) is 4.68. The Morgan fingerprint density at radius 3 is 2.10 bits per heavy atom. The maximum atomic E-state index is 13.8. The van der Waals surface area contributed by atoms with E-state index in [-0.39, 0.29) is 35.2 Å². The van der Waals surface area contributed by atoms with Crippen molar-refractivity contribution in [2.45, 2.75) is 36.3 Å². The standard InChI is InChI=1S/C35H31BrCl2N4O6S2/c1-25-7-15-32(16-8-25)50(46,47)42(22-27-9-12-29(37)19-34(27)38)23-31-14-13-30(48-31)20-39-40-35(43)24-41(21-26-5-3-2-4-6-26)49(44,45)33-17-10-28(36)11-18-33/h2-20H,21-24H2,1H3,(H,40,43)/b39-20-. The number of benzene rings is 4. The summed E-state index contributed by atoms with van der Waals surface area (Å²) in [5.74, 6) is -0.158. The van der Waals surface area contributed by atoms with Crippen molar-refractivity contribution in [3.63, 3.8) is 0 Å². The van der Waals surface area contributed by atoms with Gasteiger partial charge in [0, 0.05) is 27.6 Å². The number of hydrogen-bond donors (Lipinski definition) is 1. The molecular weight excluding hydrogens is 787 g/mol. The van der Waals surface area contributed by atoms with E-state index in [9.17, 15) is 21.6 Å². The Bertz CT molecular complexity index is 2200. The molecule has 0 saturated heterocycles. The molecule has 1 heterocycles. The smallest absolute Gasteiger partial charge is 0.255 e. The van der Waals surface area contributed by atoms with Crippen LogP contribution in [0.4, 0.5) is 0 Å². The van der Waals surface area contributed by atoms with Gasteiger partial charge in [-0.25, -0.2) is 22.3 Å². The van der Waals surface area contributed by atoms with E-state index in [0.717, 1.165) is 9.87 Å². The van der Waals surface area contributed by atoms with Crippen LogP contribution in [0.25, 0.3) is 0 Å². The van der Waals surface area contributed by atoms with Gasteiger partial charge < -0.3 is 4.42 Å². The van der Waals surface area contributed by atoms with Crippen LogP contribution in [0.3, 0.4) is 0 Å². The number of halogens is 3. The Labute approximate surface area is 309 Å². The van der Waals surface area contributed by atoms with Crippen molar-refractivity contribution in [1.29, 1.82) is 0 Å². The molecule has 0 saturated carbocycles. The Hall–Kier alpha value is -3.82. The Morgan fingerprint density at radius 2 is 1.44 bits per heavy atom. The molecule has 5 rings (SSSR count). The molecule has 0 fully saturated rings. The molecule has 1 aromatic heterocycles. The molecule has 0 radical (unpaired) electrons. The van der Waals surface area contributed by atoms with Gasteiger partial charge in [-0.05, 0) is 78.7 Å². The second-order valence-electron chi connectivity index (χ2n) is 11.1. The van der Waals surface area contributed by atoms with Crippen molar-refractivity contribution in [3.8, 4) is 0 Å². The number of aryl methyl sites for hydroxylation is 1. The van der Waals surface area contributed by atoms with Crippen molar-refractivity contribution in [1.82, 2.24) is 14.0 Å². The molecule has 5 aromatic rings. The third-order valence-corrected chi connectivity index (χ3v) is 12.1. The zero-order valence-corrected chi connectivity index (χ0v) is 31.3. The van der Waals surface area contributed by atoms with Gasteiger partial charge in [0.1, 0.15) is 11.5 Å². The van der Waals surface area contributed by atoms with Gasteiger partial charge in [-0.2, -0.15) is 13.7 Å². The van der Waals surface area contributed by atoms with Crippen molar-refractivity contribution in [2.24, 2.45) is 5.10 Å². The van der Waals surface area contributed by atoms with Crippen LogP contribution in [0.15, 0.2) is 133 Å². The van der Waals surface area contributed by atoms with E-state index in [1.165, 1.54) is 34.8 Å². The monoisotopic (exact) mass is 816 g/mol. The van der Waals surface area contributed by atoms with Gasteiger partial charge in [0.15, 0.2) is 0 Å². The second kappa shape index (κ2) is 16.5. The molecule has 0 unspecified atom stereocenters. The first-order chi connectivity index (χ1) is 23.8. The van der Waals surface area contributed by atoms with Crippen LogP contribution in [0.1, 0.15) is 28.2 Å². The molecule has 1 N–H and O–H groups in total. The molecule has 0 aliphatic heterocycles. The van der Waals surface area contributed by atoms with Crippen LogP contribution in [0.2, 0.25) is 10.0 Å². The minimum atomic E-state index is -4.05. The molecule has 50 heavy (non-hydrogen) atoms. The Morgan fingerprint density at radius 1 is 0.800 bits per heavy atom. The van der Waals surface area contributed by atoms with Gasteiger partial charge in [-0.3, -0.25) is 4.79 Å². The van der Waals surface area contributed by atoms with Crippen LogP contribution < -0.4 is 5.43 Å². The van der Waals surface area contributed by atoms with Gasteiger partial charge >= 0.3 is 0 Å². The summed E-state index contributed by atoms with van der Waals surface area (Å²) in [4.78, 5) is 13.1. The maximum absolute atomic E-state index is 13.8. The van der Waals surface area contributed by atoms with E-state index in [1.807, 2.05) is 13.0 Å². The number of hydrazone groups is 1. The van der Waals surface area contributed by atoms with E-state index in [4.69, 9.17) is 27.6 Å². The van der Waals surface area contributed by atoms with E-state index in [0.29, 0.717) is 31.4 Å². The fraction of sp³-hybridized carbons (Fsp3) is 0.143. The van der Waals surface area contributed by atoms with E-state index >= 15 is 0 Å². The van der Waals surface area contributed by atoms with E-state index in [1.54, 1.807) is 78.9 Å². The number of carbonyl (C=O) groups is 1. The molecule has 1 amide bonds. The third kappa shape index (κ3) is 9.69. The molecule has 260 valence electrons. The van der Waals surface area contributed by atoms with Gasteiger partial charge in [0.05, 0.1) is 29.1 Å². The van der Waals surface area contributed by atoms with Crippen LogP contribution in [-0.2, 0) is 44.5 Å². The number of carbonyl (C=O) groups excluding carboxylic acids is 1. The maximum Gasteiger partial charge on any atom is 0.255 e. The largest absolute Gasteiger partial charge is 0.459 e. The predicted molar refractivity (Wildman–Crippen MR) is 197 cm³/mol. The quantitative estimate of drug-likeness (QED) is 0.0920. The summed E-state index contributed by atoms with van der Waals surface area (Å²) < 4.78 is 63.4. The van der Waals surface area contributed by atoms with E-state index < -0.39 is 32.5 Å². The summed E-state index contributed by atoms with van der Waals surface area (Å²) in [7, 11) is -8.04. The molecule has 0 atom stereocenters. The lowest BCUT2D eigenvalue weighted by Crippen LogP contribution is -2.39. The number of sulfonamides is 2. The topological polar surface area (TPSA) is 129 Å². The highest BCUT2D eigenvalue weighted by atomic mass is 79.9. The number of nitrogens with one attached hydrogen (secondary N) is 1. The summed E-state index contributed by atoms with van der Waals surface area (Å²) in [5.41, 5.74) is 4.51. The molecule has 10 nitrogen and oxygen atoms in total. The number of rotatable bonds is 14. The summed E-state index contributed by atoms with van der Waals surface area (Å²) in [6.45, 7) is 1.11. The second-order valence-corrected chi connectivity index (χ2v) is 16.8. The SMILES string of the molecule is Cc1ccc(S(=O)(=O)N(Cc2ccc(/C=N\NC(=O)CN(Cc3ccccc3)S(=O)(=O)c3ccc(Br)cc3)o2)Cc2ccc(Cl)cc2Cl)cc1. The lowest BCUT2D eigenvalue weighted by Gasteiger charge is -2.22. The first-order valence-corrected chi connectivity index (χ1v) is 19.5. The average Bonchev–Trinajstić information content (AvgIpc) is 3.53. The summed E-state index contributed by atoms with van der Waals surface area (Å²) in [6.07, 6.45) is 1.24. The van der Waals surface area contributed by atoms with Crippen LogP contribution in [0, 0.1) is 6.92 Å². The zero-order valence-electron chi connectivity index (χ0n) is 26.5. The average molecular weight is 819 g/mol. The minimum Gasteiger partial charge on any atom is -0.459 e. The highest BCUT2D eigenvalue weighted by molar-refractivity contribution is 9.10. The number of furan rings is 1. The molecule has 15 heteroatoms. The normalized spacial score (nSPS) is 12.2.